The first-order chi connectivity index (χ1) is 26.8. The smallest absolute Gasteiger partial charge is 0.0541 e. The van der Waals surface area contributed by atoms with Gasteiger partial charge >= 0.3 is 0 Å². The number of benzene rings is 8. The van der Waals surface area contributed by atoms with E-state index < -0.39 is 0 Å². The van der Waals surface area contributed by atoms with Crippen LogP contribution in [0, 0.1) is 0 Å². The highest BCUT2D eigenvalue weighted by Crippen LogP contribution is 2.44. The van der Waals surface area contributed by atoms with E-state index in [1.165, 1.54) is 111 Å². The highest BCUT2D eigenvalue weighted by molar-refractivity contribution is 6.10. The standard InChI is InChI=1S/C50H32N2.C2H6/c1-5-13-47-39(9-1)40-10-2-6-14-48(40)51(47)37-23-21-35-25-33-19-17-31(27-43(33)45(35)29-37)32-18-20-34-26-36-22-24-38(30-46(36)44(34)28-32)52-49-15-7-3-11-41(49)42-12-4-8-16-50(42)52;1-2/h1-24,27-30H,25-26H2;1-2H3. The molecule has 0 unspecified atom stereocenters. The van der Waals surface area contributed by atoms with Gasteiger partial charge in [0.25, 0.3) is 0 Å². The summed E-state index contributed by atoms with van der Waals surface area (Å²) in [4.78, 5) is 0. The molecule has 10 aromatic rings. The van der Waals surface area contributed by atoms with Crippen molar-refractivity contribution < 1.29 is 0 Å². The van der Waals surface area contributed by atoms with Gasteiger partial charge in [0.05, 0.1) is 22.1 Å². The van der Waals surface area contributed by atoms with Gasteiger partial charge in [-0.05, 0) is 129 Å². The van der Waals surface area contributed by atoms with Crippen LogP contribution in [0.3, 0.4) is 0 Å². The van der Waals surface area contributed by atoms with E-state index in [0.717, 1.165) is 12.8 Å². The molecule has 0 saturated heterocycles. The molecule has 2 heterocycles. The van der Waals surface area contributed by atoms with Crippen molar-refractivity contribution in [2.24, 2.45) is 0 Å². The van der Waals surface area contributed by atoms with Crippen molar-refractivity contribution in [3.63, 3.8) is 0 Å². The maximum atomic E-state index is 2.43. The summed E-state index contributed by atoms with van der Waals surface area (Å²) in [5, 5.41) is 5.17. The minimum atomic E-state index is 0.974. The lowest BCUT2D eigenvalue weighted by Gasteiger charge is -2.12. The fraction of sp³-hybridized carbons (Fsp3) is 0.0769. The van der Waals surface area contributed by atoms with Crippen LogP contribution < -0.4 is 0 Å². The Labute approximate surface area is 315 Å². The SMILES string of the molecule is CC.c1ccc2c(c1)c1ccccc1n2-c1ccc2c(c1)-c1cc(-c3ccc4c(c3)-c3cc(-n5c6ccccc6c6ccccc65)ccc3C4)ccc1C2. The van der Waals surface area contributed by atoms with Crippen LogP contribution >= 0.6 is 0 Å². The number of rotatable bonds is 3. The van der Waals surface area contributed by atoms with Gasteiger partial charge in [-0.1, -0.05) is 123 Å². The third-order valence-electron chi connectivity index (χ3n) is 11.8. The first-order valence-electron chi connectivity index (χ1n) is 19.3. The summed E-state index contributed by atoms with van der Waals surface area (Å²) in [7, 11) is 0. The molecule has 8 aromatic carbocycles. The van der Waals surface area contributed by atoms with E-state index in [9.17, 15) is 0 Å². The zero-order chi connectivity index (χ0) is 35.9. The summed E-state index contributed by atoms with van der Waals surface area (Å²) < 4.78 is 4.86. The molecule has 2 aliphatic rings. The van der Waals surface area contributed by atoms with E-state index in [-0.39, 0.29) is 0 Å². The Bertz CT molecular complexity index is 2810. The van der Waals surface area contributed by atoms with Gasteiger partial charge in [0.2, 0.25) is 0 Å². The van der Waals surface area contributed by atoms with Crippen molar-refractivity contribution in [1.29, 1.82) is 0 Å². The van der Waals surface area contributed by atoms with Crippen molar-refractivity contribution in [3.8, 4) is 44.8 Å². The van der Waals surface area contributed by atoms with Crippen LogP contribution in [-0.4, -0.2) is 9.13 Å². The first kappa shape index (κ1) is 30.9. The molecule has 2 aromatic heterocycles. The number of nitrogens with zero attached hydrogens (tertiary/aromatic N) is 2. The van der Waals surface area contributed by atoms with Crippen LogP contribution in [0.5, 0.6) is 0 Å². The zero-order valence-corrected chi connectivity index (χ0v) is 30.5. The molecule has 0 aliphatic heterocycles. The third-order valence-corrected chi connectivity index (χ3v) is 11.8. The Morgan fingerprint density at radius 3 is 0.963 bits per heavy atom. The minimum absolute atomic E-state index is 0.974. The molecule has 0 fully saturated rings. The van der Waals surface area contributed by atoms with Crippen molar-refractivity contribution >= 4 is 43.6 Å². The van der Waals surface area contributed by atoms with Gasteiger partial charge in [-0.2, -0.15) is 0 Å². The van der Waals surface area contributed by atoms with Gasteiger partial charge in [-0.25, -0.2) is 0 Å². The van der Waals surface area contributed by atoms with Crippen molar-refractivity contribution in [1.82, 2.24) is 9.13 Å². The lowest BCUT2D eigenvalue weighted by atomic mass is 9.95. The van der Waals surface area contributed by atoms with Crippen molar-refractivity contribution in [3.05, 3.63) is 192 Å². The summed E-state index contributed by atoms with van der Waals surface area (Å²) in [6.45, 7) is 4.00. The molecule has 54 heavy (non-hydrogen) atoms. The van der Waals surface area contributed by atoms with E-state index in [1.54, 1.807) is 0 Å². The molecule has 0 amide bonds. The molecule has 0 spiro atoms. The second-order valence-electron chi connectivity index (χ2n) is 14.5. The second-order valence-corrected chi connectivity index (χ2v) is 14.5. The summed E-state index contributed by atoms with van der Waals surface area (Å²) in [6.07, 6.45) is 1.95. The van der Waals surface area contributed by atoms with Crippen LogP contribution in [0.15, 0.2) is 170 Å². The molecular formula is C52H38N2. The molecule has 0 N–H and O–H groups in total. The highest BCUT2D eigenvalue weighted by Gasteiger charge is 2.24. The lowest BCUT2D eigenvalue weighted by molar-refractivity contribution is 1.17. The summed E-state index contributed by atoms with van der Waals surface area (Å²) in [6, 6.07) is 63.4. The molecule has 0 saturated carbocycles. The molecule has 0 radical (unpaired) electrons. The van der Waals surface area contributed by atoms with Crippen LogP contribution in [0.25, 0.3) is 88.4 Å². The molecule has 2 nitrogen and oxygen atoms in total. The summed E-state index contributed by atoms with van der Waals surface area (Å²) in [5.74, 6) is 0. The Morgan fingerprint density at radius 2 is 0.611 bits per heavy atom. The third kappa shape index (κ3) is 4.47. The Kier molecular flexibility index (Phi) is 6.84. The normalized spacial score (nSPS) is 12.5. The minimum Gasteiger partial charge on any atom is -0.309 e. The monoisotopic (exact) mass is 690 g/mol. The second kappa shape index (κ2) is 11.9. The van der Waals surface area contributed by atoms with Crippen LogP contribution in [-0.2, 0) is 12.8 Å². The number of para-hydroxylation sites is 4. The van der Waals surface area contributed by atoms with E-state index >= 15 is 0 Å². The first-order valence-corrected chi connectivity index (χ1v) is 19.3. The zero-order valence-electron chi connectivity index (χ0n) is 30.5. The topological polar surface area (TPSA) is 9.86 Å². The number of hydrogen-bond donors (Lipinski definition) is 0. The predicted octanol–water partition coefficient (Wildman–Crippen LogP) is 13.7. The van der Waals surface area contributed by atoms with Gasteiger partial charge in [0.15, 0.2) is 0 Å². The summed E-state index contributed by atoms with van der Waals surface area (Å²) >= 11 is 0. The maximum Gasteiger partial charge on any atom is 0.0541 e. The van der Waals surface area contributed by atoms with E-state index in [1.807, 2.05) is 13.8 Å². The van der Waals surface area contributed by atoms with Crippen LogP contribution in [0.2, 0.25) is 0 Å². The molecule has 0 bridgehead atoms. The Hall–Kier alpha value is -6.64. The largest absolute Gasteiger partial charge is 0.309 e. The number of hydrogen-bond acceptors (Lipinski definition) is 0. The average molecular weight is 691 g/mol. The van der Waals surface area contributed by atoms with Gasteiger partial charge in [0.1, 0.15) is 0 Å². The van der Waals surface area contributed by atoms with E-state index in [2.05, 4.69) is 179 Å². The maximum absolute atomic E-state index is 2.43. The van der Waals surface area contributed by atoms with Crippen LogP contribution in [0.4, 0.5) is 0 Å². The number of aromatic nitrogens is 2. The predicted molar refractivity (Wildman–Crippen MR) is 228 cm³/mol. The molecular weight excluding hydrogens is 653 g/mol. The van der Waals surface area contributed by atoms with Gasteiger partial charge < -0.3 is 9.13 Å². The fourth-order valence-electron chi connectivity index (χ4n) is 9.35. The van der Waals surface area contributed by atoms with E-state index in [0.29, 0.717) is 0 Å². The van der Waals surface area contributed by atoms with Crippen LogP contribution in [0.1, 0.15) is 36.1 Å². The van der Waals surface area contributed by atoms with Gasteiger partial charge in [-0.15, -0.1) is 0 Å². The van der Waals surface area contributed by atoms with Gasteiger partial charge in [0, 0.05) is 32.9 Å². The Balaban J connectivity index is 0.00000168. The average Bonchev–Trinajstić information content (AvgIpc) is 3.98. The molecule has 12 rings (SSSR count). The summed E-state index contributed by atoms with van der Waals surface area (Å²) in [5.41, 5.74) is 20.9. The Morgan fingerprint density at radius 1 is 0.315 bits per heavy atom. The highest BCUT2D eigenvalue weighted by atomic mass is 15.0. The fourth-order valence-corrected chi connectivity index (χ4v) is 9.35. The molecule has 2 aliphatic carbocycles. The van der Waals surface area contributed by atoms with Crippen molar-refractivity contribution in [2.45, 2.75) is 26.7 Å². The van der Waals surface area contributed by atoms with Gasteiger partial charge in [-0.3, -0.25) is 0 Å². The molecule has 2 heteroatoms. The van der Waals surface area contributed by atoms with E-state index in [4.69, 9.17) is 0 Å². The molecule has 256 valence electrons. The molecule has 0 atom stereocenters. The lowest BCUT2D eigenvalue weighted by Crippen LogP contribution is -1.95. The van der Waals surface area contributed by atoms with Crippen molar-refractivity contribution in [2.75, 3.05) is 0 Å². The number of fused-ring (bicyclic) bond motifs is 12. The quantitative estimate of drug-likeness (QED) is 0.175.